The molecule has 29 heavy (non-hydrogen) atoms. The highest BCUT2D eigenvalue weighted by Gasteiger charge is 2.28. The summed E-state index contributed by atoms with van der Waals surface area (Å²) in [6.07, 6.45) is 0.166. The number of hydrogen-bond donors (Lipinski definition) is 1. The Kier molecular flexibility index (Phi) is 6.89. The van der Waals surface area contributed by atoms with E-state index in [1.165, 1.54) is 28.6 Å². The number of nitrogens with one attached hydrogen (secondary N) is 1. The molecule has 0 bridgehead atoms. The minimum Gasteiger partial charge on any atom is -0.379 e. The Balaban J connectivity index is 1.72. The molecule has 3 rings (SSSR count). The minimum absolute atomic E-state index is 0.0505. The van der Waals surface area contributed by atoms with Crippen LogP contribution in [-0.4, -0.2) is 44.9 Å². The number of ether oxygens (including phenoxy) is 1. The Morgan fingerprint density at radius 1 is 1.21 bits per heavy atom. The molecular weight excluding hydrogens is 419 g/mol. The van der Waals surface area contributed by atoms with E-state index in [1.54, 1.807) is 18.2 Å². The molecule has 2 aromatic carbocycles. The highest BCUT2D eigenvalue weighted by atomic mass is 35.5. The van der Waals surface area contributed by atoms with Crippen LogP contribution in [0.25, 0.3) is 0 Å². The second-order valence-corrected chi connectivity index (χ2v) is 9.18. The van der Waals surface area contributed by atoms with Gasteiger partial charge in [-0.25, -0.2) is 12.8 Å². The van der Waals surface area contributed by atoms with Gasteiger partial charge in [0, 0.05) is 25.2 Å². The van der Waals surface area contributed by atoms with E-state index in [0.29, 0.717) is 18.9 Å². The topological polar surface area (TPSA) is 75.7 Å². The van der Waals surface area contributed by atoms with E-state index in [4.69, 9.17) is 16.3 Å². The van der Waals surface area contributed by atoms with Crippen LogP contribution in [0.5, 0.6) is 0 Å². The van der Waals surface area contributed by atoms with Gasteiger partial charge in [0.15, 0.2) is 0 Å². The summed E-state index contributed by atoms with van der Waals surface area (Å²) >= 11 is 6.13. The predicted octanol–water partition coefficient (Wildman–Crippen LogP) is 3.63. The second kappa shape index (κ2) is 9.21. The normalized spacial score (nSPS) is 16.4. The van der Waals surface area contributed by atoms with Crippen LogP contribution in [0, 0.1) is 5.82 Å². The van der Waals surface area contributed by atoms with Crippen molar-refractivity contribution in [3.8, 4) is 0 Å². The van der Waals surface area contributed by atoms with E-state index in [1.807, 2.05) is 6.92 Å². The van der Waals surface area contributed by atoms with Crippen LogP contribution in [0.15, 0.2) is 47.4 Å². The molecule has 1 atom stereocenters. The lowest BCUT2D eigenvalue weighted by Gasteiger charge is -2.26. The Bertz CT molecular complexity index is 976. The first-order valence-corrected chi connectivity index (χ1v) is 11.0. The molecule has 1 aliphatic rings. The van der Waals surface area contributed by atoms with Gasteiger partial charge in [-0.3, -0.25) is 4.79 Å². The maximum Gasteiger partial charge on any atom is 0.244 e. The van der Waals surface area contributed by atoms with Crippen molar-refractivity contribution in [2.24, 2.45) is 0 Å². The number of halogens is 2. The summed E-state index contributed by atoms with van der Waals surface area (Å²) in [5.41, 5.74) is 1.19. The lowest BCUT2D eigenvalue weighted by Crippen LogP contribution is -2.40. The van der Waals surface area contributed by atoms with Crippen molar-refractivity contribution in [2.45, 2.75) is 24.2 Å². The van der Waals surface area contributed by atoms with Crippen molar-refractivity contribution in [1.82, 2.24) is 4.31 Å². The van der Waals surface area contributed by atoms with Crippen molar-refractivity contribution in [3.63, 3.8) is 0 Å². The zero-order chi connectivity index (χ0) is 21.0. The Labute approximate surface area is 174 Å². The molecule has 9 heteroatoms. The van der Waals surface area contributed by atoms with Crippen LogP contribution in [0.3, 0.4) is 0 Å². The third kappa shape index (κ3) is 5.33. The summed E-state index contributed by atoms with van der Waals surface area (Å²) < 4.78 is 45.3. The number of benzene rings is 2. The van der Waals surface area contributed by atoms with Crippen LogP contribution in [0.4, 0.5) is 10.1 Å². The number of nitrogens with zero attached hydrogens (tertiary/aromatic N) is 1. The highest BCUT2D eigenvalue weighted by Crippen LogP contribution is 2.29. The van der Waals surface area contributed by atoms with E-state index in [9.17, 15) is 17.6 Å². The molecule has 2 aromatic rings. The van der Waals surface area contributed by atoms with Gasteiger partial charge in [-0.05, 0) is 41.8 Å². The van der Waals surface area contributed by atoms with Gasteiger partial charge < -0.3 is 10.1 Å². The fraction of sp³-hybridized carbons (Fsp3) is 0.350. The molecule has 0 saturated carbocycles. The maximum atomic E-state index is 13.1. The minimum atomic E-state index is -3.79. The molecule has 1 heterocycles. The monoisotopic (exact) mass is 440 g/mol. The molecule has 1 amide bonds. The van der Waals surface area contributed by atoms with Gasteiger partial charge in [-0.15, -0.1) is 0 Å². The van der Waals surface area contributed by atoms with Crippen molar-refractivity contribution in [2.75, 3.05) is 31.6 Å². The third-order valence-electron chi connectivity index (χ3n) is 4.73. The number of anilines is 1. The number of amides is 1. The average molecular weight is 441 g/mol. The number of hydrogen-bond acceptors (Lipinski definition) is 4. The molecule has 1 N–H and O–H groups in total. The Morgan fingerprint density at radius 3 is 2.52 bits per heavy atom. The first-order valence-electron chi connectivity index (χ1n) is 9.20. The maximum absolute atomic E-state index is 13.1. The first kappa shape index (κ1) is 21.7. The van der Waals surface area contributed by atoms with E-state index in [2.05, 4.69) is 5.32 Å². The lowest BCUT2D eigenvalue weighted by molar-refractivity contribution is -0.116. The van der Waals surface area contributed by atoms with Crippen LogP contribution < -0.4 is 5.32 Å². The van der Waals surface area contributed by atoms with Crippen molar-refractivity contribution in [3.05, 3.63) is 58.9 Å². The summed E-state index contributed by atoms with van der Waals surface area (Å²) in [6, 6.07) is 10.4. The molecule has 0 aliphatic carbocycles. The molecule has 6 nitrogen and oxygen atoms in total. The first-order chi connectivity index (χ1) is 13.8. The van der Waals surface area contributed by atoms with Gasteiger partial charge in [-0.2, -0.15) is 4.31 Å². The van der Waals surface area contributed by atoms with Crippen LogP contribution in [0.1, 0.15) is 24.8 Å². The van der Waals surface area contributed by atoms with E-state index >= 15 is 0 Å². The smallest absolute Gasteiger partial charge is 0.244 e. The SMILES string of the molecule is CC(CC(=O)Nc1ccc(Cl)c(S(=O)(=O)N2CCOCC2)c1)c1ccc(F)cc1. The predicted molar refractivity (Wildman–Crippen MR) is 109 cm³/mol. The van der Waals surface area contributed by atoms with E-state index in [0.717, 1.165) is 5.56 Å². The Hall–Kier alpha value is -2.00. The van der Waals surface area contributed by atoms with Crippen molar-refractivity contribution < 1.29 is 22.3 Å². The quantitative estimate of drug-likeness (QED) is 0.744. The van der Waals surface area contributed by atoms with Crippen molar-refractivity contribution in [1.29, 1.82) is 0 Å². The average Bonchev–Trinajstić information content (AvgIpc) is 2.70. The number of sulfonamides is 1. The summed E-state index contributed by atoms with van der Waals surface area (Å²) in [7, 11) is -3.79. The number of morpholine rings is 1. The summed E-state index contributed by atoms with van der Waals surface area (Å²) in [5, 5.41) is 2.81. The van der Waals surface area contributed by atoms with Crippen LogP contribution >= 0.6 is 11.6 Å². The second-order valence-electron chi connectivity index (χ2n) is 6.87. The fourth-order valence-corrected chi connectivity index (χ4v) is 5.01. The van der Waals surface area contributed by atoms with Gasteiger partial charge in [0.25, 0.3) is 0 Å². The summed E-state index contributed by atoms with van der Waals surface area (Å²) in [4.78, 5) is 12.4. The molecule has 0 aromatic heterocycles. The van der Waals surface area contributed by atoms with E-state index < -0.39 is 10.0 Å². The molecule has 0 radical (unpaired) electrons. The summed E-state index contributed by atoms with van der Waals surface area (Å²) in [5.74, 6) is -0.737. The van der Waals surface area contributed by atoms with Gasteiger partial charge in [-0.1, -0.05) is 30.7 Å². The van der Waals surface area contributed by atoms with Crippen molar-refractivity contribution >= 4 is 33.2 Å². The zero-order valence-electron chi connectivity index (χ0n) is 15.9. The van der Waals surface area contributed by atoms with Crippen LogP contribution in [-0.2, 0) is 19.6 Å². The number of carbonyl (C=O) groups is 1. The number of rotatable bonds is 6. The van der Waals surface area contributed by atoms with Gasteiger partial charge >= 0.3 is 0 Å². The highest BCUT2D eigenvalue weighted by molar-refractivity contribution is 7.89. The zero-order valence-corrected chi connectivity index (χ0v) is 17.5. The molecular formula is C20H22ClFN2O4S. The fourth-order valence-electron chi connectivity index (χ4n) is 3.10. The van der Waals surface area contributed by atoms with Gasteiger partial charge in [0.05, 0.1) is 18.2 Å². The number of carbonyl (C=O) groups excluding carboxylic acids is 1. The Morgan fingerprint density at radius 2 is 1.86 bits per heavy atom. The largest absolute Gasteiger partial charge is 0.379 e. The molecule has 156 valence electrons. The van der Waals surface area contributed by atoms with Gasteiger partial charge in [0.1, 0.15) is 10.7 Å². The van der Waals surface area contributed by atoms with Crippen LogP contribution in [0.2, 0.25) is 5.02 Å². The summed E-state index contributed by atoms with van der Waals surface area (Å²) in [6.45, 7) is 3.03. The third-order valence-corrected chi connectivity index (χ3v) is 7.11. The molecule has 1 aliphatic heterocycles. The molecule has 0 spiro atoms. The molecule has 1 unspecified atom stereocenters. The van der Waals surface area contributed by atoms with E-state index in [-0.39, 0.29) is 47.1 Å². The van der Waals surface area contributed by atoms with Gasteiger partial charge in [0.2, 0.25) is 15.9 Å². The molecule has 1 saturated heterocycles. The lowest BCUT2D eigenvalue weighted by atomic mass is 9.97. The molecule has 1 fully saturated rings. The standard InChI is InChI=1S/C20H22ClFN2O4S/c1-14(15-2-4-16(22)5-3-15)12-20(25)23-17-6-7-18(21)19(13-17)29(26,27)24-8-10-28-11-9-24/h2-7,13-14H,8-12H2,1H3,(H,23,25).